The number of aryl methyl sites for hydroxylation is 1. The Labute approximate surface area is 111 Å². The van der Waals surface area contributed by atoms with E-state index in [1.54, 1.807) is 4.72 Å². The van der Waals surface area contributed by atoms with Crippen LogP contribution in [0.15, 0.2) is 17.0 Å². The van der Waals surface area contributed by atoms with Gasteiger partial charge in [0, 0.05) is 12.2 Å². The first-order chi connectivity index (χ1) is 8.77. The number of nitrogens with two attached hydrogens (primary N) is 1. The number of nitrogen functional groups attached to an aromatic ring is 1. The molecule has 0 bridgehead atoms. The predicted octanol–water partition coefficient (Wildman–Crippen LogP) is 1.11. The molecule has 0 aliphatic rings. The molecule has 0 fully saturated rings. The standard InChI is InChI=1S/C11H16FN3O3S/c1-3-4-14-11(16)15-19(17,18)9-6-8(13)5-7(2)10(9)12/h5-6H,3-4,13H2,1-2H3,(H2,14,15,16). The lowest BCUT2D eigenvalue weighted by molar-refractivity contribution is 0.246. The maximum Gasteiger partial charge on any atom is 0.328 e. The molecule has 8 heteroatoms. The van der Waals surface area contributed by atoms with E-state index in [-0.39, 0.29) is 11.3 Å². The number of rotatable bonds is 4. The third-order valence-electron chi connectivity index (χ3n) is 2.30. The summed E-state index contributed by atoms with van der Waals surface area (Å²) in [6, 6.07) is 1.38. The van der Waals surface area contributed by atoms with Crippen LogP contribution in [0.1, 0.15) is 18.9 Å². The van der Waals surface area contributed by atoms with Crippen molar-refractivity contribution >= 4 is 21.7 Å². The molecule has 0 aliphatic heterocycles. The lowest BCUT2D eigenvalue weighted by Gasteiger charge is -2.10. The topological polar surface area (TPSA) is 101 Å². The van der Waals surface area contributed by atoms with E-state index in [4.69, 9.17) is 5.73 Å². The smallest absolute Gasteiger partial charge is 0.328 e. The molecule has 0 aliphatic carbocycles. The van der Waals surface area contributed by atoms with E-state index >= 15 is 0 Å². The van der Waals surface area contributed by atoms with Crippen LogP contribution in [-0.4, -0.2) is 21.0 Å². The van der Waals surface area contributed by atoms with E-state index in [2.05, 4.69) is 5.32 Å². The van der Waals surface area contributed by atoms with Crippen LogP contribution in [0.25, 0.3) is 0 Å². The van der Waals surface area contributed by atoms with Crippen LogP contribution < -0.4 is 15.8 Å². The van der Waals surface area contributed by atoms with E-state index in [1.807, 2.05) is 6.92 Å². The van der Waals surface area contributed by atoms with E-state index < -0.39 is 26.8 Å². The summed E-state index contributed by atoms with van der Waals surface area (Å²) in [5.74, 6) is -0.926. The second-order valence-corrected chi connectivity index (χ2v) is 5.66. The van der Waals surface area contributed by atoms with E-state index in [1.165, 1.54) is 13.0 Å². The minimum absolute atomic E-state index is 0.0920. The van der Waals surface area contributed by atoms with Crippen LogP contribution in [0.3, 0.4) is 0 Å². The number of sulfonamides is 1. The van der Waals surface area contributed by atoms with Crippen LogP contribution in [0.5, 0.6) is 0 Å². The highest BCUT2D eigenvalue weighted by Gasteiger charge is 2.23. The maximum atomic E-state index is 13.8. The summed E-state index contributed by atoms with van der Waals surface area (Å²) in [4.78, 5) is 10.7. The molecule has 0 saturated carbocycles. The minimum Gasteiger partial charge on any atom is -0.399 e. The van der Waals surface area contributed by atoms with Crippen molar-refractivity contribution in [2.45, 2.75) is 25.2 Å². The molecular formula is C11H16FN3O3S. The molecule has 1 aromatic carbocycles. The fourth-order valence-electron chi connectivity index (χ4n) is 1.41. The number of nitrogens with one attached hydrogen (secondary N) is 2. The minimum atomic E-state index is -4.28. The number of carbonyl (C=O) groups is 1. The largest absolute Gasteiger partial charge is 0.399 e. The molecule has 0 heterocycles. The van der Waals surface area contributed by atoms with Gasteiger partial charge in [0.2, 0.25) is 0 Å². The lowest BCUT2D eigenvalue weighted by Crippen LogP contribution is -2.40. The van der Waals surface area contributed by atoms with Crippen LogP contribution in [-0.2, 0) is 10.0 Å². The zero-order valence-corrected chi connectivity index (χ0v) is 11.5. The summed E-state index contributed by atoms with van der Waals surface area (Å²) >= 11 is 0. The molecule has 0 aromatic heterocycles. The van der Waals surface area contributed by atoms with Gasteiger partial charge in [-0.2, -0.15) is 0 Å². The monoisotopic (exact) mass is 289 g/mol. The maximum absolute atomic E-state index is 13.8. The fourth-order valence-corrected chi connectivity index (χ4v) is 2.53. The normalized spacial score (nSPS) is 11.1. The Kier molecular flexibility index (Phi) is 4.71. The third-order valence-corrected chi connectivity index (χ3v) is 3.63. The van der Waals surface area contributed by atoms with Gasteiger partial charge in [0.25, 0.3) is 10.0 Å². The van der Waals surface area contributed by atoms with Gasteiger partial charge >= 0.3 is 6.03 Å². The lowest BCUT2D eigenvalue weighted by atomic mass is 10.2. The average Bonchev–Trinajstić information content (AvgIpc) is 2.30. The van der Waals surface area contributed by atoms with Gasteiger partial charge in [-0.15, -0.1) is 0 Å². The second kappa shape index (κ2) is 5.87. The highest BCUT2D eigenvalue weighted by Crippen LogP contribution is 2.21. The van der Waals surface area contributed by atoms with Gasteiger partial charge in [-0.05, 0) is 31.0 Å². The number of carbonyl (C=O) groups excluding carboxylic acids is 1. The second-order valence-electron chi connectivity index (χ2n) is 4.01. The zero-order valence-electron chi connectivity index (χ0n) is 10.7. The first-order valence-corrected chi connectivity index (χ1v) is 7.12. The molecular weight excluding hydrogens is 273 g/mol. The Bertz CT molecular complexity index is 587. The quantitative estimate of drug-likeness (QED) is 0.723. The number of urea groups is 1. The molecule has 0 spiro atoms. The summed E-state index contributed by atoms with van der Waals surface area (Å²) in [7, 11) is -4.28. The van der Waals surface area contributed by atoms with Gasteiger partial charge in [-0.25, -0.2) is 22.3 Å². The molecule has 19 heavy (non-hydrogen) atoms. The highest BCUT2D eigenvalue weighted by molar-refractivity contribution is 7.90. The van der Waals surface area contributed by atoms with Gasteiger partial charge in [0.05, 0.1) is 0 Å². The Hall–Kier alpha value is -1.83. The van der Waals surface area contributed by atoms with Crippen molar-refractivity contribution < 1.29 is 17.6 Å². The van der Waals surface area contributed by atoms with Gasteiger partial charge in [-0.3, -0.25) is 0 Å². The van der Waals surface area contributed by atoms with Crippen molar-refractivity contribution in [1.29, 1.82) is 0 Å². The SMILES string of the molecule is CCCNC(=O)NS(=O)(=O)c1cc(N)cc(C)c1F. The van der Waals surface area contributed by atoms with Crippen LogP contribution in [0, 0.1) is 12.7 Å². The Morgan fingerprint density at radius 1 is 1.42 bits per heavy atom. The van der Waals surface area contributed by atoms with E-state index in [0.29, 0.717) is 13.0 Å². The number of hydrogen-bond donors (Lipinski definition) is 3. The molecule has 2 amide bonds. The van der Waals surface area contributed by atoms with Crippen molar-refractivity contribution in [2.75, 3.05) is 12.3 Å². The Morgan fingerprint density at radius 3 is 2.63 bits per heavy atom. The molecule has 106 valence electrons. The van der Waals surface area contributed by atoms with Gasteiger partial charge < -0.3 is 11.1 Å². The predicted molar refractivity (Wildman–Crippen MR) is 69.6 cm³/mol. The molecule has 4 N–H and O–H groups in total. The number of benzene rings is 1. The highest BCUT2D eigenvalue weighted by atomic mass is 32.2. The Morgan fingerprint density at radius 2 is 2.05 bits per heavy atom. The van der Waals surface area contributed by atoms with E-state index in [0.717, 1.165) is 6.07 Å². The molecule has 0 unspecified atom stereocenters. The first-order valence-electron chi connectivity index (χ1n) is 5.64. The van der Waals surface area contributed by atoms with Crippen molar-refractivity contribution in [3.63, 3.8) is 0 Å². The molecule has 1 rings (SSSR count). The molecule has 1 aromatic rings. The van der Waals surface area contributed by atoms with E-state index in [9.17, 15) is 17.6 Å². The first kappa shape index (κ1) is 15.2. The van der Waals surface area contributed by atoms with Crippen molar-refractivity contribution in [1.82, 2.24) is 10.0 Å². The molecule has 0 saturated heterocycles. The molecule has 0 radical (unpaired) electrons. The van der Waals surface area contributed by atoms with Crippen molar-refractivity contribution in [3.05, 3.63) is 23.5 Å². The van der Waals surface area contributed by atoms with Crippen LogP contribution in [0.2, 0.25) is 0 Å². The molecule has 6 nitrogen and oxygen atoms in total. The molecule has 0 atom stereocenters. The van der Waals surface area contributed by atoms with Gasteiger partial charge in [0.1, 0.15) is 10.7 Å². The van der Waals surface area contributed by atoms with Crippen molar-refractivity contribution in [3.8, 4) is 0 Å². The summed E-state index contributed by atoms with van der Waals surface area (Å²) in [6.45, 7) is 3.53. The number of hydrogen-bond acceptors (Lipinski definition) is 4. The number of halogens is 1. The average molecular weight is 289 g/mol. The third kappa shape index (κ3) is 3.82. The van der Waals surface area contributed by atoms with Crippen molar-refractivity contribution in [2.24, 2.45) is 0 Å². The van der Waals surface area contributed by atoms with Crippen LogP contribution >= 0.6 is 0 Å². The summed E-state index contributed by atoms with van der Waals surface area (Å²) in [5, 5.41) is 2.32. The number of amides is 2. The number of anilines is 1. The van der Waals surface area contributed by atoms with Gasteiger partial charge in [0.15, 0.2) is 0 Å². The summed E-state index contributed by atoms with van der Waals surface area (Å²) < 4.78 is 39.2. The van der Waals surface area contributed by atoms with Crippen LogP contribution in [0.4, 0.5) is 14.9 Å². The summed E-state index contributed by atoms with van der Waals surface area (Å²) in [5.41, 5.74) is 5.67. The fraction of sp³-hybridized carbons (Fsp3) is 0.364. The Balaban J connectivity index is 3.04. The van der Waals surface area contributed by atoms with Gasteiger partial charge in [-0.1, -0.05) is 6.92 Å². The zero-order chi connectivity index (χ0) is 14.6. The summed E-state index contributed by atoms with van der Waals surface area (Å²) in [6.07, 6.45) is 0.652.